The van der Waals surface area contributed by atoms with Gasteiger partial charge in [-0.15, -0.1) is 0 Å². The molecule has 19 heavy (non-hydrogen) atoms. The molecular formula is C13H13N3OS2. The molecule has 0 spiro atoms. The molecule has 1 aromatic carbocycles. The third kappa shape index (κ3) is 1.67. The summed E-state index contributed by atoms with van der Waals surface area (Å²) in [4.78, 5) is 18.5. The van der Waals surface area contributed by atoms with Crippen molar-refractivity contribution in [3.63, 3.8) is 0 Å². The van der Waals surface area contributed by atoms with Crippen LogP contribution in [0.1, 0.15) is 0 Å². The highest BCUT2D eigenvalue weighted by Crippen LogP contribution is 2.44. The smallest absolute Gasteiger partial charge is 0.269 e. The molecule has 0 aliphatic carbocycles. The van der Waals surface area contributed by atoms with Gasteiger partial charge in [-0.3, -0.25) is 9.69 Å². The van der Waals surface area contributed by atoms with Gasteiger partial charge in [0.05, 0.1) is 11.4 Å². The molecule has 1 saturated heterocycles. The summed E-state index contributed by atoms with van der Waals surface area (Å²) in [5.74, 6) is 0.861. The van der Waals surface area contributed by atoms with Crippen molar-refractivity contribution in [2.75, 3.05) is 30.9 Å². The molecule has 0 aromatic heterocycles. The molecule has 3 rings (SSSR count). The summed E-state index contributed by atoms with van der Waals surface area (Å²) in [6.45, 7) is 0. The topological polar surface area (TPSA) is 26.8 Å². The zero-order chi connectivity index (χ0) is 13.7. The van der Waals surface area contributed by atoms with E-state index in [1.807, 2.05) is 48.2 Å². The Balaban J connectivity index is 2.14. The van der Waals surface area contributed by atoms with Gasteiger partial charge in [0.2, 0.25) is 0 Å². The fourth-order valence-electron chi connectivity index (χ4n) is 2.37. The van der Waals surface area contributed by atoms with E-state index in [4.69, 9.17) is 12.2 Å². The van der Waals surface area contributed by atoms with Crippen molar-refractivity contribution >= 4 is 45.6 Å². The summed E-state index contributed by atoms with van der Waals surface area (Å²) in [6, 6.07) is 8.09. The molecule has 0 radical (unpaired) electrons. The number of amides is 1. The zero-order valence-electron chi connectivity index (χ0n) is 10.9. The molecule has 2 aliphatic heterocycles. The van der Waals surface area contributed by atoms with Gasteiger partial charge in [-0.25, -0.2) is 0 Å². The predicted octanol–water partition coefficient (Wildman–Crippen LogP) is 2.23. The fourth-order valence-corrected chi connectivity index (χ4v) is 3.68. The SMILES string of the molecule is CN1C(=O)C(=C2N(C)c3ccccc3N2C)SC1=S. The third-order valence-corrected chi connectivity index (χ3v) is 4.94. The van der Waals surface area contributed by atoms with E-state index in [0.29, 0.717) is 9.23 Å². The lowest BCUT2D eigenvalue weighted by Crippen LogP contribution is -2.28. The summed E-state index contributed by atoms with van der Waals surface area (Å²) in [7, 11) is 5.66. The molecule has 0 atom stereocenters. The summed E-state index contributed by atoms with van der Waals surface area (Å²) >= 11 is 6.55. The van der Waals surface area contributed by atoms with E-state index in [1.54, 1.807) is 7.05 Å². The van der Waals surface area contributed by atoms with Gasteiger partial charge < -0.3 is 9.80 Å². The first kappa shape index (κ1) is 12.5. The maximum absolute atomic E-state index is 12.3. The zero-order valence-corrected chi connectivity index (χ0v) is 12.5. The van der Waals surface area contributed by atoms with Crippen LogP contribution in [-0.4, -0.2) is 36.3 Å². The molecule has 1 fully saturated rings. The van der Waals surface area contributed by atoms with Gasteiger partial charge in [-0.2, -0.15) is 0 Å². The predicted molar refractivity (Wildman–Crippen MR) is 83.2 cm³/mol. The molecule has 6 heteroatoms. The molecule has 98 valence electrons. The minimum Gasteiger partial charge on any atom is -0.328 e. The van der Waals surface area contributed by atoms with Crippen molar-refractivity contribution in [1.29, 1.82) is 0 Å². The van der Waals surface area contributed by atoms with Gasteiger partial charge in [0.25, 0.3) is 5.91 Å². The van der Waals surface area contributed by atoms with Crippen LogP contribution in [0.4, 0.5) is 11.4 Å². The van der Waals surface area contributed by atoms with Crippen LogP contribution in [0.5, 0.6) is 0 Å². The summed E-state index contributed by atoms with van der Waals surface area (Å²) < 4.78 is 0.602. The molecule has 0 saturated carbocycles. The highest BCUT2D eigenvalue weighted by Gasteiger charge is 2.37. The number of rotatable bonds is 0. The van der Waals surface area contributed by atoms with E-state index < -0.39 is 0 Å². The van der Waals surface area contributed by atoms with Crippen LogP contribution in [0.15, 0.2) is 35.0 Å². The molecular weight excluding hydrogens is 278 g/mol. The first-order valence-corrected chi connectivity index (χ1v) is 7.05. The number of nitrogens with zero attached hydrogens (tertiary/aromatic N) is 3. The number of carbonyl (C=O) groups is 1. The summed E-state index contributed by atoms with van der Waals surface area (Å²) in [6.07, 6.45) is 0. The van der Waals surface area contributed by atoms with Gasteiger partial charge >= 0.3 is 0 Å². The number of hydrogen-bond donors (Lipinski definition) is 0. The van der Waals surface area contributed by atoms with Gasteiger partial charge in [0.1, 0.15) is 15.0 Å². The van der Waals surface area contributed by atoms with Crippen LogP contribution in [0.25, 0.3) is 0 Å². The largest absolute Gasteiger partial charge is 0.328 e. The van der Waals surface area contributed by atoms with Gasteiger partial charge in [0.15, 0.2) is 0 Å². The number of thioether (sulfide) groups is 1. The monoisotopic (exact) mass is 291 g/mol. The van der Waals surface area contributed by atoms with Crippen LogP contribution in [0.3, 0.4) is 0 Å². The number of fused-ring (bicyclic) bond motifs is 1. The van der Waals surface area contributed by atoms with Crippen LogP contribution >= 0.6 is 24.0 Å². The molecule has 2 aliphatic rings. The number of thiocarbonyl (C=S) groups is 1. The Morgan fingerprint density at radius 2 is 1.53 bits per heavy atom. The number of hydrogen-bond acceptors (Lipinski definition) is 5. The van der Waals surface area contributed by atoms with Crippen molar-refractivity contribution in [3.05, 3.63) is 35.0 Å². The Hall–Kier alpha value is -1.53. The average Bonchev–Trinajstić information content (AvgIpc) is 2.80. The minimum absolute atomic E-state index is 0.0310. The standard InChI is InChI=1S/C13H13N3OS2/c1-14-8-6-4-5-7-9(8)15(2)11(14)10-12(17)16(3)13(18)19-10/h4-7H,1-3H3. The Morgan fingerprint density at radius 1 is 1.00 bits per heavy atom. The molecule has 0 bridgehead atoms. The molecule has 2 heterocycles. The Kier molecular flexibility index (Phi) is 2.79. The molecule has 0 unspecified atom stereocenters. The van der Waals surface area contributed by atoms with Gasteiger partial charge in [-0.1, -0.05) is 36.1 Å². The number of likely N-dealkylation sites (N-methyl/N-ethyl adjacent to an activating group) is 1. The van der Waals surface area contributed by atoms with Crippen LogP contribution in [-0.2, 0) is 4.79 Å². The van der Waals surface area contributed by atoms with Crippen molar-refractivity contribution < 1.29 is 4.79 Å². The van der Waals surface area contributed by atoms with Gasteiger partial charge in [0, 0.05) is 21.1 Å². The van der Waals surface area contributed by atoms with Crippen molar-refractivity contribution in [1.82, 2.24) is 4.90 Å². The summed E-state index contributed by atoms with van der Waals surface area (Å²) in [5.41, 5.74) is 2.20. The lowest BCUT2D eigenvalue weighted by atomic mass is 10.3. The Labute approximate surface area is 121 Å². The summed E-state index contributed by atoms with van der Waals surface area (Å²) in [5, 5.41) is 0. The lowest BCUT2D eigenvalue weighted by Gasteiger charge is -2.19. The van der Waals surface area contributed by atoms with E-state index in [9.17, 15) is 4.79 Å². The second-order valence-electron chi connectivity index (χ2n) is 4.49. The van der Waals surface area contributed by atoms with Gasteiger partial charge in [-0.05, 0) is 12.1 Å². The molecule has 4 nitrogen and oxygen atoms in total. The van der Waals surface area contributed by atoms with Crippen LogP contribution in [0.2, 0.25) is 0 Å². The van der Waals surface area contributed by atoms with Crippen LogP contribution < -0.4 is 9.80 Å². The van der Waals surface area contributed by atoms with Crippen molar-refractivity contribution in [2.24, 2.45) is 0 Å². The number of carbonyl (C=O) groups excluding carboxylic acids is 1. The van der Waals surface area contributed by atoms with E-state index in [0.717, 1.165) is 17.2 Å². The molecule has 1 aromatic rings. The van der Waals surface area contributed by atoms with E-state index in [1.165, 1.54) is 16.7 Å². The van der Waals surface area contributed by atoms with E-state index >= 15 is 0 Å². The minimum atomic E-state index is -0.0310. The maximum atomic E-state index is 12.3. The van der Waals surface area contributed by atoms with Crippen molar-refractivity contribution in [2.45, 2.75) is 0 Å². The normalized spacial score (nSPS) is 18.8. The Bertz CT molecular complexity index is 595. The first-order valence-electron chi connectivity index (χ1n) is 5.83. The van der Waals surface area contributed by atoms with E-state index in [-0.39, 0.29) is 5.91 Å². The number of anilines is 2. The highest BCUT2D eigenvalue weighted by molar-refractivity contribution is 8.26. The first-order chi connectivity index (χ1) is 9.02. The quantitative estimate of drug-likeness (QED) is 0.540. The second-order valence-corrected chi connectivity index (χ2v) is 6.14. The molecule has 0 N–H and O–H groups in total. The van der Waals surface area contributed by atoms with Crippen molar-refractivity contribution in [3.8, 4) is 0 Å². The maximum Gasteiger partial charge on any atom is 0.269 e. The lowest BCUT2D eigenvalue weighted by molar-refractivity contribution is -0.121. The fraction of sp³-hybridized carbons (Fsp3) is 0.231. The van der Waals surface area contributed by atoms with Crippen LogP contribution in [0, 0.1) is 0 Å². The average molecular weight is 291 g/mol. The highest BCUT2D eigenvalue weighted by atomic mass is 32.2. The Morgan fingerprint density at radius 3 is 1.95 bits per heavy atom. The number of para-hydroxylation sites is 2. The molecule has 1 amide bonds. The third-order valence-electron chi connectivity index (χ3n) is 3.41. The van der Waals surface area contributed by atoms with E-state index in [2.05, 4.69) is 0 Å². The number of benzene rings is 1. The second kappa shape index (κ2) is 4.25.